The number of carboxylic acids is 1. The Balaban J connectivity index is 2.11. The minimum absolute atomic E-state index is 0.0194. The summed E-state index contributed by atoms with van der Waals surface area (Å²) >= 11 is 0. The SMILES string of the molecule is C/C(=C\C[C@@]12CCN(C)[C@@H]1[N+](C)(C)c1ccccc12)C(=O)O. The van der Waals surface area contributed by atoms with E-state index >= 15 is 0 Å². The summed E-state index contributed by atoms with van der Waals surface area (Å²) in [6.07, 6.45) is 4.15. The summed E-state index contributed by atoms with van der Waals surface area (Å²) in [5, 5.41) is 9.16. The predicted molar refractivity (Wildman–Crippen MR) is 88.8 cm³/mol. The average Bonchev–Trinajstić information content (AvgIpc) is 2.91. The third-order valence-corrected chi connectivity index (χ3v) is 5.60. The molecule has 0 aliphatic carbocycles. The first-order valence-corrected chi connectivity index (χ1v) is 7.85. The molecule has 2 atom stereocenters. The number of likely N-dealkylation sites (N-methyl/N-ethyl adjacent to an activating group) is 2. The molecule has 2 aliphatic rings. The Bertz CT molecular complexity index is 650. The highest BCUT2D eigenvalue weighted by molar-refractivity contribution is 5.85. The van der Waals surface area contributed by atoms with E-state index in [0.717, 1.165) is 23.9 Å². The summed E-state index contributed by atoms with van der Waals surface area (Å²) in [5.41, 5.74) is 3.22. The highest BCUT2D eigenvalue weighted by Crippen LogP contribution is 2.55. The molecule has 0 spiro atoms. The van der Waals surface area contributed by atoms with E-state index < -0.39 is 5.97 Å². The fourth-order valence-electron chi connectivity index (χ4n) is 4.70. The van der Waals surface area contributed by atoms with Gasteiger partial charge in [0.2, 0.25) is 0 Å². The molecule has 118 valence electrons. The molecule has 2 aliphatic heterocycles. The van der Waals surface area contributed by atoms with Crippen LogP contribution in [0, 0.1) is 0 Å². The van der Waals surface area contributed by atoms with Crippen molar-refractivity contribution in [2.24, 2.45) is 0 Å². The Morgan fingerprint density at radius 2 is 2.14 bits per heavy atom. The van der Waals surface area contributed by atoms with Crippen LogP contribution in [0.1, 0.15) is 25.3 Å². The number of carbonyl (C=O) groups is 1. The summed E-state index contributed by atoms with van der Waals surface area (Å²) < 4.78 is 0.840. The number of benzene rings is 1. The van der Waals surface area contributed by atoms with E-state index in [9.17, 15) is 4.79 Å². The highest BCUT2D eigenvalue weighted by Gasteiger charge is 2.62. The van der Waals surface area contributed by atoms with Crippen LogP contribution >= 0.6 is 0 Å². The van der Waals surface area contributed by atoms with E-state index in [4.69, 9.17) is 5.11 Å². The Morgan fingerprint density at radius 3 is 2.82 bits per heavy atom. The first-order chi connectivity index (χ1) is 10.3. The average molecular weight is 301 g/mol. The van der Waals surface area contributed by atoms with Crippen LogP contribution < -0.4 is 4.48 Å². The van der Waals surface area contributed by atoms with Crippen LogP contribution in [-0.4, -0.2) is 49.8 Å². The topological polar surface area (TPSA) is 40.5 Å². The second-order valence-corrected chi connectivity index (χ2v) is 7.21. The number of quaternary nitrogens is 1. The molecule has 3 rings (SSSR count). The summed E-state index contributed by atoms with van der Waals surface area (Å²) in [6.45, 7) is 2.74. The Morgan fingerprint density at radius 1 is 1.45 bits per heavy atom. The standard InChI is InChI=1S/C18H24N2O2/c1-13(16(21)22)9-10-18-11-12-19(2)17(18)20(3,4)15-8-6-5-7-14(15)18/h5-9,17H,10-12H2,1-4H3/p+1/b13-9+/t17-,18+/m1/s1. The van der Waals surface area contributed by atoms with E-state index in [1.54, 1.807) is 6.92 Å². The third kappa shape index (κ3) is 1.94. The van der Waals surface area contributed by atoms with Gasteiger partial charge in [0.1, 0.15) is 5.69 Å². The Hall–Kier alpha value is -1.65. The van der Waals surface area contributed by atoms with Crippen molar-refractivity contribution < 1.29 is 9.90 Å². The van der Waals surface area contributed by atoms with Crippen molar-refractivity contribution in [1.82, 2.24) is 9.38 Å². The maximum Gasteiger partial charge on any atom is 0.330 e. The molecule has 0 saturated carbocycles. The van der Waals surface area contributed by atoms with E-state index in [1.807, 2.05) is 6.08 Å². The molecule has 0 amide bonds. The number of fused-ring (bicyclic) bond motifs is 3. The number of nitrogens with zero attached hydrogens (tertiary/aromatic N) is 2. The lowest BCUT2D eigenvalue weighted by atomic mass is 9.76. The molecule has 1 aromatic rings. The third-order valence-electron chi connectivity index (χ3n) is 5.60. The molecule has 1 aromatic carbocycles. The fraction of sp³-hybridized carbons (Fsp3) is 0.500. The smallest absolute Gasteiger partial charge is 0.330 e. The van der Waals surface area contributed by atoms with Crippen LogP contribution in [0.2, 0.25) is 0 Å². The molecular weight excluding hydrogens is 276 g/mol. The van der Waals surface area contributed by atoms with E-state index in [-0.39, 0.29) is 5.41 Å². The van der Waals surface area contributed by atoms with Gasteiger partial charge in [-0.15, -0.1) is 0 Å². The van der Waals surface area contributed by atoms with Crippen molar-refractivity contribution in [2.45, 2.75) is 31.3 Å². The number of carboxylic acid groups (broad SMARTS) is 1. The van der Waals surface area contributed by atoms with Gasteiger partial charge in [-0.3, -0.25) is 9.38 Å². The minimum Gasteiger partial charge on any atom is -0.478 e. The fourth-order valence-corrected chi connectivity index (χ4v) is 4.70. The van der Waals surface area contributed by atoms with Crippen LogP contribution in [0.25, 0.3) is 0 Å². The van der Waals surface area contributed by atoms with Gasteiger partial charge in [-0.25, -0.2) is 4.79 Å². The first-order valence-electron chi connectivity index (χ1n) is 7.85. The number of rotatable bonds is 3. The Labute approximate surface area is 132 Å². The van der Waals surface area contributed by atoms with Crippen LogP contribution in [0.5, 0.6) is 0 Å². The molecule has 0 radical (unpaired) electrons. The number of aliphatic carboxylic acids is 1. The van der Waals surface area contributed by atoms with Crippen molar-refractivity contribution in [1.29, 1.82) is 0 Å². The monoisotopic (exact) mass is 301 g/mol. The van der Waals surface area contributed by atoms with Gasteiger partial charge >= 0.3 is 5.97 Å². The first kappa shape index (κ1) is 15.3. The van der Waals surface area contributed by atoms with Crippen LogP contribution in [0.3, 0.4) is 0 Å². The van der Waals surface area contributed by atoms with E-state index in [1.165, 1.54) is 11.3 Å². The predicted octanol–water partition coefficient (Wildman–Crippen LogP) is 2.59. The van der Waals surface area contributed by atoms with E-state index in [2.05, 4.69) is 50.3 Å². The molecular formula is C18H25N2O2+. The van der Waals surface area contributed by atoms with Gasteiger partial charge in [-0.05, 0) is 32.9 Å². The lowest BCUT2D eigenvalue weighted by Crippen LogP contribution is -2.57. The molecule has 2 heterocycles. The number of allylic oxidation sites excluding steroid dienone is 1. The van der Waals surface area contributed by atoms with E-state index in [0.29, 0.717) is 11.7 Å². The van der Waals surface area contributed by atoms with Gasteiger partial charge in [-0.2, -0.15) is 0 Å². The maximum absolute atomic E-state index is 11.1. The second-order valence-electron chi connectivity index (χ2n) is 7.21. The zero-order chi connectivity index (χ0) is 16.1. The van der Waals surface area contributed by atoms with Crippen molar-refractivity contribution in [3.63, 3.8) is 0 Å². The molecule has 0 aromatic heterocycles. The molecule has 4 nitrogen and oxygen atoms in total. The van der Waals surface area contributed by atoms with Gasteiger partial charge in [-0.1, -0.05) is 24.3 Å². The van der Waals surface area contributed by atoms with Crippen LogP contribution in [0.15, 0.2) is 35.9 Å². The molecule has 1 fully saturated rings. The molecule has 0 bridgehead atoms. The summed E-state index contributed by atoms with van der Waals surface area (Å²) in [6, 6.07) is 8.66. The summed E-state index contributed by atoms with van der Waals surface area (Å²) in [4.78, 5) is 13.6. The van der Waals surface area contributed by atoms with Crippen molar-refractivity contribution in [3.8, 4) is 0 Å². The Kier molecular flexibility index (Phi) is 3.42. The van der Waals surface area contributed by atoms with Crippen molar-refractivity contribution >= 4 is 11.7 Å². The number of likely N-dealkylation sites (tertiary alicyclic amines) is 1. The largest absolute Gasteiger partial charge is 0.478 e. The lowest BCUT2D eigenvalue weighted by Gasteiger charge is -2.38. The van der Waals surface area contributed by atoms with Crippen molar-refractivity contribution in [3.05, 3.63) is 41.5 Å². The van der Waals surface area contributed by atoms with Gasteiger partial charge in [0.15, 0.2) is 6.17 Å². The normalized spacial score (nSPS) is 30.2. The lowest BCUT2D eigenvalue weighted by molar-refractivity contribution is -0.132. The quantitative estimate of drug-likeness (QED) is 0.689. The molecule has 1 saturated heterocycles. The highest BCUT2D eigenvalue weighted by atomic mass is 16.4. The zero-order valence-electron chi connectivity index (χ0n) is 13.8. The maximum atomic E-state index is 11.1. The molecule has 0 unspecified atom stereocenters. The molecule has 1 N–H and O–H groups in total. The molecule has 22 heavy (non-hydrogen) atoms. The van der Waals surface area contributed by atoms with Crippen molar-refractivity contribution in [2.75, 3.05) is 27.7 Å². The number of para-hydroxylation sites is 1. The second kappa shape index (κ2) is 4.93. The minimum atomic E-state index is -0.820. The zero-order valence-corrected chi connectivity index (χ0v) is 13.8. The molecule has 4 heteroatoms. The van der Waals surface area contributed by atoms with Gasteiger partial charge < -0.3 is 5.11 Å². The number of hydrogen-bond donors (Lipinski definition) is 1. The van der Waals surface area contributed by atoms with Crippen LogP contribution in [-0.2, 0) is 10.2 Å². The van der Waals surface area contributed by atoms with Crippen LogP contribution in [0.4, 0.5) is 5.69 Å². The van der Waals surface area contributed by atoms with Gasteiger partial charge in [0.25, 0.3) is 0 Å². The van der Waals surface area contributed by atoms with Gasteiger partial charge in [0.05, 0.1) is 19.5 Å². The van der Waals surface area contributed by atoms with Gasteiger partial charge in [0, 0.05) is 17.7 Å². The number of hydrogen-bond acceptors (Lipinski definition) is 2. The summed E-state index contributed by atoms with van der Waals surface area (Å²) in [5.74, 6) is -0.820. The summed E-state index contributed by atoms with van der Waals surface area (Å²) in [7, 11) is 6.72.